The van der Waals surface area contributed by atoms with Crippen LogP contribution in [0.3, 0.4) is 0 Å². The fraction of sp³-hybridized carbons (Fsp3) is 0.750. The lowest BCUT2D eigenvalue weighted by atomic mass is 10.1. The fourth-order valence-electron chi connectivity index (χ4n) is 0.434. The van der Waals surface area contributed by atoms with Crippen LogP contribution in [0, 0.1) is 5.92 Å². The molecule has 0 aromatic heterocycles. The van der Waals surface area contributed by atoms with Crippen molar-refractivity contribution in [2.75, 3.05) is 13.2 Å². The van der Waals surface area contributed by atoms with E-state index >= 15 is 0 Å². The van der Waals surface area contributed by atoms with Crippen LogP contribution in [0.4, 0.5) is 0 Å². The molecule has 0 atom stereocenters. The van der Waals surface area contributed by atoms with E-state index < -0.39 is 0 Å². The van der Waals surface area contributed by atoms with Crippen LogP contribution in [-0.2, 0) is 4.74 Å². The molecule has 1 heterocycles. The van der Waals surface area contributed by atoms with Crippen LogP contribution in [0.5, 0.6) is 0 Å². The predicted molar refractivity (Wildman–Crippen MR) is 31.8 cm³/mol. The van der Waals surface area contributed by atoms with Gasteiger partial charge in [0.1, 0.15) is 0 Å². The summed E-state index contributed by atoms with van der Waals surface area (Å²) in [7, 11) is 0. The van der Waals surface area contributed by atoms with E-state index in [2.05, 4.69) is 17.2 Å². The van der Waals surface area contributed by atoms with Gasteiger partial charge in [0.25, 0.3) is 0 Å². The Bertz CT molecular complexity index is 79.8. The van der Waals surface area contributed by atoms with Crippen molar-refractivity contribution in [2.24, 2.45) is 10.3 Å². The zero-order valence-corrected chi connectivity index (χ0v) is 4.77. The van der Waals surface area contributed by atoms with Gasteiger partial charge in [0.05, 0.1) is 13.2 Å². The molecule has 0 saturated carbocycles. The highest BCUT2D eigenvalue weighted by atomic mass is 32.1. The van der Waals surface area contributed by atoms with Gasteiger partial charge >= 0.3 is 0 Å². The predicted octanol–water partition coefficient (Wildman–Crippen LogP) is 0.548. The minimum Gasteiger partial charge on any atom is -0.380 e. The summed E-state index contributed by atoms with van der Waals surface area (Å²) in [6.45, 7) is 1.65. The van der Waals surface area contributed by atoms with Crippen molar-refractivity contribution in [1.82, 2.24) is 0 Å². The molecule has 0 radical (unpaired) electrons. The highest BCUT2D eigenvalue weighted by Gasteiger charge is 2.14. The number of ether oxygens (including phenoxy) is 1. The van der Waals surface area contributed by atoms with E-state index in [0.29, 0.717) is 5.92 Å². The van der Waals surface area contributed by atoms with Crippen molar-refractivity contribution in [3.63, 3.8) is 0 Å². The SMILES string of the molecule is SN=CC1COC1. The van der Waals surface area contributed by atoms with Crippen LogP contribution in [-0.4, -0.2) is 19.4 Å². The molecule has 1 rings (SSSR count). The van der Waals surface area contributed by atoms with Crippen LogP contribution < -0.4 is 0 Å². The first kappa shape index (κ1) is 5.12. The fourth-order valence-corrected chi connectivity index (χ4v) is 0.623. The summed E-state index contributed by atoms with van der Waals surface area (Å²) in [6.07, 6.45) is 1.80. The first-order valence-corrected chi connectivity index (χ1v) is 2.59. The zero-order valence-electron chi connectivity index (χ0n) is 3.87. The smallest absolute Gasteiger partial charge is 0.0566 e. The second kappa shape index (κ2) is 2.33. The van der Waals surface area contributed by atoms with Crippen LogP contribution in [0.25, 0.3) is 0 Å². The molecule has 1 aliphatic heterocycles. The summed E-state index contributed by atoms with van der Waals surface area (Å²) in [4.78, 5) is 0. The third-order valence-electron chi connectivity index (χ3n) is 0.941. The third-order valence-corrected chi connectivity index (χ3v) is 1.07. The molecule has 0 unspecified atom stereocenters. The van der Waals surface area contributed by atoms with E-state index in [9.17, 15) is 0 Å². The molecule has 0 spiro atoms. The summed E-state index contributed by atoms with van der Waals surface area (Å²) in [5.41, 5.74) is 0. The molecule has 3 heteroatoms. The molecule has 0 aromatic carbocycles. The average molecular weight is 117 g/mol. The second-order valence-corrected chi connectivity index (χ2v) is 1.79. The number of hydrogen-bond acceptors (Lipinski definition) is 3. The first-order chi connectivity index (χ1) is 3.43. The van der Waals surface area contributed by atoms with Gasteiger partial charge in [-0.05, 0) is 12.8 Å². The van der Waals surface area contributed by atoms with Gasteiger partial charge in [-0.2, -0.15) is 0 Å². The summed E-state index contributed by atoms with van der Waals surface area (Å²) < 4.78 is 8.41. The van der Waals surface area contributed by atoms with Crippen LogP contribution in [0.2, 0.25) is 0 Å². The largest absolute Gasteiger partial charge is 0.380 e. The van der Waals surface area contributed by atoms with Gasteiger partial charge in [-0.3, -0.25) is 0 Å². The van der Waals surface area contributed by atoms with Crippen molar-refractivity contribution in [3.05, 3.63) is 0 Å². The second-order valence-electron chi connectivity index (χ2n) is 1.56. The monoisotopic (exact) mass is 117 g/mol. The van der Waals surface area contributed by atoms with Crippen molar-refractivity contribution >= 4 is 19.0 Å². The van der Waals surface area contributed by atoms with Crippen LogP contribution in [0.1, 0.15) is 0 Å². The van der Waals surface area contributed by atoms with Crippen LogP contribution >= 0.6 is 12.8 Å². The Balaban J connectivity index is 2.14. The van der Waals surface area contributed by atoms with Gasteiger partial charge in [-0.1, -0.05) is 0 Å². The van der Waals surface area contributed by atoms with Gasteiger partial charge in [-0.25, -0.2) is 4.40 Å². The van der Waals surface area contributed by atoms with E-state index in [1.165, 1.54) is 0 Å². The lowest BCUT2D eigenvalue weighted by Gasteiger charge is -2.20. The van der Waals surface area contributed by atoms with E-state index in [1.54, 1.807) is 6.21 Å². The Morgan fingerprint density at radius 3 is 2.57 bits per heavy atom. The van der Waals surface area contributed by atoms with Gasteiger partial charge in [0.15, 0.2) is 0 Å². The molecule has 0 amide bonds. The molecular formula is C4H7NOS. The maximum Gasteiger partial charge on any atom is 0.0566 e. The van der Waals surface area contributed by atoms with E-state index in [4.69, 9.17) is 4.74 Å². The molecule has 1 fully saturated rings. The molecule has 1 aliphatic rings. The molecular weight excluding hydrogens is 110 g/mol. The van der Waals surface area contributed by atoms with Gasteiger partial charge in [-0.15, -0.1) is 0 Å². The Morgan fingerprint density at radius 2 is 2.43 bits per heavy atom. The summed E-state index contributed by atoms with van der Waals surface area (Å²) in [6, 6.07) is 0. The van der Waals surface area contributed by atoms with Gasteiger partial charge in [0.2, 0.25) is 0 Å². The van der Waals surface area contributed by atoms with Crippen molar-refractivity contribution in [1.29, 1.82) is 0 Å². The quantitative estimate of drug-likeness (QED) is 0.393. The highest BCUT2D eigenvalue weighted by molar-refractivity contribution is 7.78. The molecule has 0 N–H and O–H groups in total. The normalized spacial score (nSPS) is 23.0. The molecule has 7 heavy (non-hydrogen) atoms. The van der Waals surface area contributed by atoms with Crippen LogP contribution in [0.15, 0.2) is 4.40 Å². The summed E-state index contributed by atoms with van der Waals surface area (Å²) in [5.74, 6) is 0.539. The molecule has 0 aromatic rings. The number of hydrogen-bond donors (Lipinski definition) is 1. The highest BCUT2D eigenvalue weighted by Crippen LogP contribution is 2.05. The summed E-state index contributed by atoms with van der Waals surface area (Å²) >= 11 is 3.66. The maximum atomic E-state index is 4.86. The van der Waals surface area contributed by atoms with Crippen molar-refractivity contribution in [3.8, 4) is 0 Å². The minimum atomic E-state index is 0.539. The number of rotatable bonds is 1. The molecule has 1 saturated heterocycles. The first-order valence-electron chi connectivity index (χ1n) is 2.19. The molecule has 2 nitrogen and oxygen atoms in total. The number of nitrogens with zero attached hydrogens (tertiary/aromatic N) is 1. The summed E-state index contributed by atoms with van der Waals surface area (Å²) in [5, 5.41) is 0. The average Bonchev–Trinajstić information content (AvgIpc) is 1.55. The molecule has 40 valence electrons. The van der Waals surface area contributed by atoms with Gasteiger partial charge in [0, 0.05) is 12.1 Å². The van der Waals surface area contributed by atoms with E-state index in [-0.39, 0.29) is 0 Å². The zero-order chi connectivity index (χ0) is 5.11. The molecule has 0 aliphatic carbocycles. The Kier molecular flexibility index (Phi) is 1.70. The Morgan fingerprint density at radius 1 is 1.71 bits per heavy atom. The van der Waals surface area contributed by atoms with E-state index in [0.717, 1.165) is 13.2 Å². The molecule has 0 bridgehead atoms. The van der Waals surface area contributed by atoms with Crippen molar-refractivity contribution < 1.29 is 4.74 Å². The van der Waals surface area contributed by atoms with Crippen molar-refractivity contribution in [2.45, 2.75) is 0 Å². The van der Waals surface area contributed by atoms with E-state index in [1.807, 2.05) is 0 Å². The maximum absolute atomic E-state index is 4.86. The van der Waals surface area contributed by atoms with Gasteiger partial charge < -0.3 is 4.74 Å². The number of thiol groups is 1. The topological polar surface area (TPSA) is 21.6 Å². The Labute approximate surface area is 48.1 Å². The standard InChI is InChI=1S/C4H7NOS/c7-5-1-4-2-6-3-4/h1,4,7H,2-3H2. The third kappa shape index (κ3) is 1.17. The minimum absolute atomic E-state index is 0.539. The lowest BCUT2D eigenvalue weighted by Crippen LogP contribution is -2.28. The lowest BCUT2D eigenvalue weighted by molar-refractivity contribution is 0.00422. The Hall–Kier alpha value is -0.0200.